The van der Waals surface area contributed by atoms with Crippen LogP contribution < -0.4 is 5.32 Å². The van der Waals surface area contributed by atoms with Crippen LogP contribution in [0, 0.1) is 75.5 Å². The van der Waals surface area contributed by atoms with Gasteiger partial charge in [-0.05, 0) is 19.1 Å². The molecule has 0 bridgehead atoms. The maximum atomic E-state index is 10.9. The van der Waals surface area contributed by atoms with Crippen LogP contribution in [-0.2, 0) is 9.47 Å². The molecule has 0 saturated carbocycles. The fourth-order valence-corrected chi connectivity index (χ4v) is 2.06. The molecule has 2 unspecified atom stereocenters. The number of ether oxygens (including phenoxy) is 2. The summed E-state index contributed by atoms with van der Waals surface area (Å²) in [5.74, 6) is 0. The Kier molecular flexibility index (Phi) is 42.0. The third-order valence-electron chi connectivity index (χ3n) is 3.05. The molecular weight excluding hydrogens is 492 g/mol. The van der Waals surface area contributed by atoms with Gasteiger partial charge in [0.05, 0.1) is 36.3 Å². The Morgan fingerprint density at radius 3 is 1.71 bits per heavy atom. The van der Waals surface area contributed by atoms with Crippen molar-refractivity contribution in [3.63, 3.8) is 0 Å². The maximum absolute atomic E-state index is 10.9. The average molecular weight is 533 g/mol. The minimum atomic E-state index is -0.297. The monoisotopic (exact) mass is 532 g/mol. The number of rotatable bonds is 4. The van der Waals surface area contributed by atoms with Gasteiger partial charge >= 0.3 is 12.2 Å². The normalized spacial score (nSPS) is 17.1. The molecule has 188 valence electrons. The molecular formula is C19H40Ar2N4O4S2. The Hall–Kier alpha value is 0.749. The van der Waals surface area contributed by atoms with E-state index in [4.69, 9.17) is 21.7 Å². The summed E-state index contributed by atoms with van der Waals surface area (Å²) in [5.41, 5.74) is 0. The van der Waals surface area contributed by atoms with E-state index in [2.05, 4.69) is 27.7 Å². The van der Waals surface area contributed by atoms with Crippen LogP contribution in [0.15, 0.2) is 4.99 Å². The van der Waals surface area contributed by atoms with Crippen molar-refractivity contribution < 1.29 is 94.5 Å². The van der Waals surface area contributed by atoms with Gasteiger partial charge in [0.1, 0.15) is 12.2 Å². The molecule has 0 aromatic rings. The van der Waals surface area contributed by atoms with Gasteiger partial charge in [-0.2, -0.15) is 0 Å². The van der Waals surface area contributed by atoms with Crippen LogP contribution in [0.2, 0.25) is 0 Å². The molecule has 0 aromatic carbocycles. The molecule has 2 aliphatic heterocycles. The van der Waals surface area contributed by atoms with Gasteiger partial charge in [0.2, 0.25) is 0 Å². The van der Waals surface area contributed by atoms with Crippen molar-refractivity contribution in [3.05, 3.63) is 0 Å². The second-order valence-corrected chi connectivity index (χ2v) is 5.94. The zero-order valence-electron chi connectivity index (χ0n) is 18.0. The Morgan fingerprint density at radius 1 is 1.03 bits per heavy atom. The molecule has 2 saturated heterocycles. The van der Waals surface area contributed by atoms with E-state index in [0.29, 0.717) is 26.2 Å². The number of likely N-dealkylation sites (N-methyl/N-ethyl adjacent to an activating group) is 2. The zero-order chi connectivity index (χ0) is 21.4. The van der Waals surface area contributed by atoms with Crippen molar-refractivity contribution in [1.29, 1.82) is 0 Å². The molecule has 0 radical (unpaired) electrons. The summed E-state index contributed by atoms with van der Waals surface area (Å²) < 4.78 is 9.87. The third kappa shape index (κ3) is 22.3. The predicted molar refractivity (Wildman–Crippen MR) is 128 cm³/mol. The zero-order valence-corrected chi connectivity index (χ0v) is 21.0. The number of thiocarbonyl (C=S) groups is 2. The van der Waals surface area contributed by atoms with Gasteiger partial charge in [-0.25, -0.2) is 14.6 Å². The number of hydrogen-bond donors (Lipinski definition) is 1. The van der Waals surface area contributed by atoms with E-state index in [9.17, 15) is 9.59 Å². The fourth-order valence-electron chi connectivity index (χ4n) is 1.90. The minimum absolute atomic E-state index is 0. The second-order valence-electron chi connectivity index (χ2n) is 5.14. The average Bonchev–Trinajstić information content (AvgIpc) is 3.16. The molecule has 2 aliphatic rings. The van der Waals surface area contributed by atoms with Crippen LogP contribution in [0.4, 0.5) is 9.59 Å². The van der Waals surface area contributed by atoms with Gasteiger partial charge in [-0.1, -0.05) is 54.8 Å². The van der Waals surface area contributed by atoms with Crippen LogP contribution in [0.3, 0.4) is 0 Å². The summed E-state index contributed by atoms with van der Waals surface area (Å²) in [7, 11) is 3.40. The van der Waals surface area contributed by atoms with Crippen LogP contribution in [0.25, 0.3) is 0 Å². The summed E-state index contributed by atoms with van der Waals surface area (Å²) in [6.45, 7) is 12.0. The van der Waals surface area contributed by atoms with Crippen molar-refractivity contribution in [2.75, 3.05) is 40.3 Å². The Bertz CT molecular complexity index is 523. The first-order chi connectivity index (χ1) is 12.8. The summed E-state index contributed by atoms with van der Waals surface area (Å²) in [6, 6.07) is 0. The summed E-state index contributed by atoms with van der Waals surface area (Å²) in [6.07, 6.45) is -0.776. The third-order valence-corrected chi connectivity index (χ3v) is 3.32. The van der Waals surface area contributed by atoms with Crippen LogP contribution in [-0.4, -0.2) is 84.6 Å². The molecule has 2 rings (SSSR count). The SMILES string of the molecule is C.C.CC.CC.CC(=S)NCC1CN(C)C(=O)O1.CN1CC(CN=C=S)OC1=O.[Ar].[Ar]. The first-order valence-corrected chi connectivity index (χ1v) is 9.76. The number of carbonyl (C=O) groups is 2. The van der Waals surface area contributed by atoms with E-state index in [1.165, 1.54) is 4.90 Å². The maximum Gasteiger partial charge on any atom is 0.410 e. The molecule has 1 N–H and O–H groups in total. The van der Waals surface area contributed by atoms with Crippen molar-refractivity contribution in [3.8, 4) is 0 Å². The molecule has 0 spiro atoms. The second kappa shape index (κ2) is 28.8. The first kappa shape index (κ1) is 45.3. The number of cyclic esters (lactones) is 2. The smallest absolute Gasteiger partial charge is 0.410 e. The Balaban J connectivity index is -0.0000000782. The van der Waals surface area contributed by atoms with E-state index >= 15 is 0 Å². The van der Waals surface area contributed by atoms with Crippen molar-refractivity contribution >= 4 is 46.8 Å². The number of hydrogen-bond acceptors (Lipinski definition) is 7. The molecule has 0 aromatic heterocycles. The van der Waals surface area contributed by atoms with Gasteiger partial charge in [-0.3, -0.25) is 0 Å². The summed E-state index contributed by atoms with van der Waals surface area (Å²) >= 11 is 9.20. The van der Waals surface area contributed by atoms with E-state index in [0.717, 1.165) is 4.99 Å². The Morgan fingerprint density at radius 2 is 1.42 bits per heavy atom. The van der Waals surface area contributed by atoms with Crippen LogP contribution in [0.5, 0.6) is 0 Å². The minimum Gasteiger partial charge on any atom is -0.442 e. The van der Waals surface area contributed by atoms with Gasteiger partial charge in [-0.15, -0.1) is 0 Å². The topological polar surface area (TPSA) is 83.5 Å². The number of amides is 2. The van der Waals surface area contributed by atoms with E-state index < -0.39 is 0 Å². The largest absolute Gasteiger partial charge is 0.442 e. The van der Waals surface area contributed by atoms with E-state index in [1.54, 1.807) is 25.9 Å². The predicted octanol–water partition coefficient (Wildman–Crippen LogP) is 4.24. The van der Waals surface area contributed by atoms with Gasteiger partial charge in [0.25, 0.3) is 0 Å². The summed E-state index contributed by atoms with van der Waals surface area (Å²) in [5, 5.41) is 5.18. The number of nitrogens with one attached hydrogen (secondary N) is 1. The van der Waals surface area contributed by atoms with Gasteiger partial charge in [0.15, 0.2) is 0 Å². The van der Waals surface area contributed by atoms with Gasteiger partial charge < -0.3 is 24.6 Å². The van der Waals surface area contributed by atoms with E-state index in [1.807, 2.05) is 27.7 Å². The molecule has 2 heterocycles. The molecule has 31 heavy (non-hydrogen) atoms. The van der Waals surface area contributed by atoms with Crippen molar-refractivity contribution in [2.45, 2.75) is 61.7 Å². The number of aliphatic imine (C=N–C) groups is 1. The quantitative estimate of drug-likeness (QED) is 0.428. The van der Waals surface area contributed by atoms with Crippen LogP contribution in [0.1, 0.15) is 49.5 Å². The molecule has 2 amide bonds. The molecule has 2 atom stereocenters. The van der Waals surface area contributed by atoms with Gasteiger partial charge in [0, 0.05) is 89.6 Å². The molecule has 2 fully saturated rings. The number of isothiocyanates is 1. The van der Waals surface area contributed by atoms with E-state index in [-0.39, 0.29) is 115 Å². The number of carbonyl (C=O) groups excluding carboxylic acids is 2. The molecule has 0 aliphatic carbocycles. The standard InChI is InChI=1S/C7H12N2O2S.C6H8N2O2S.2C2H6.2CH4.2Ar/c1-5(12)8-3-6-4-9(2)7(10)11-6;1-8-3-5(2-7-4-11)10-6(8)9;2*1-2;;;;/h6H,3-4H2,1-2H3,(H,8,12);5H,2-3H2,1H3;2*1-2H3;2*1H4;;. The first-order valence-electron chi connectivity index (χ1n) is 8.95. The number of nitrogens with zero attached hydrogens (tertiary/aromatic N) is 3. The molecule has 8 nitrogen and oxygen atoms in total. The molecule has 12 heteroatoms. The van der Waals surface area contributed by atoms with Crippen LogP contribution >= 0.6 is 24.4 Å². The van der Waals surface area contributed by atoms with Crippen molar-refractivity contribution in [1.82, 2.24) is 15.1 Å². The Labute approximate surface area is 260 Å². The summed E-state index contributed by atoms with van der Waals surface area (Å²) in [4.78, 5) is 29.1. The fraction of sp³-hybridized carbons (Fsp3) is 0.789. The van der Waals surface area contributed by atoms with Crippen molar-refractivity contribution in [2.24, 2.45) is 4.99 Å².